The number of fused-ring (bicyclic) bond motifs is 1. The standard InChI is InChI=1S/C13H16FN3O/c1-9-6-10(2-3-12(9)14)17-8-11-7-15-4-5-16(11)13(17)18/h2-3,6,11,15H,4-5,7-8H2,1H3. The van der Waals surface area contributed by atoms with Crippen LogP contribution in [0.3, 0.4) is 0 Å². The summed E-state index contributed by atoms with van der Waals surface area (Å²) < 4.78 is 13.3. The molecule has 0 spiro atoms. The van der Waals surface area contributed by atoms with Crippen LogP contribution in [-0.2, 0) is 0 Å². The number of amides is 2. The second-order valence-corrected chi connectivity index (χ2v) is 4.88. The van der Waals surface area contributed by atoms with Crippen LogP contribution >= 0.6 is 0 Å². The predicted molar refractivity (Wildman–Crippen MR) is 67.2 cm³/mol. The van der Waals surface area contributed by atoms with Crippen LogP contribution in [0.15, 0.2) is 18.2 Å². The fraction of sp³-hybridized carbons (Fsp3) is 0.462. The number of hydrogen-bond acceptors (Lipinski definition) is 2. The average molecular weight is 249 g/mol. The van der Waals surface area contributed by atoms with E-state index in [9.17, 15) is 9.18 Å². The van der Waals surface area contributed by atoms with Gasteiger partial charge in [-0.15, -0.1) is 0 Å². The lowest BCUT2D eigenvalue weighted by atomic mass is 10.2. The van der Waals surface area contributed by atoms with Crippen LogP contribution in [0.2, 0.25) is 0 Å². The summed E-state index contributed by atoms with van der Waals surface area (Å²) in [7, 11) is 0. The smallest absolute Gasteiger partial charge is 0.317 e. The lowest BCUT2D eigenvalue weighted by Gasteiger charge is -2.28. The summed E-state index contributed by atoms with van der Waals surface area (Å²) >= 11 is 0. The number of aryl methyl sites for hydroxylation is 1. The van der Waals surface area contributed by atoms with Crippen molar-refractivity contribution in [2.75, 3.05) is 31.1 Å². The molecule has 1 aromatic carbocycles. The number of carbonyl (C=O) groups is 1. The molecular weight excluding hydrogens is 233 g/mol. The van der Waals surface area contributed by atoms with Crippen LogP contribution in [0.4, 0.5) is 14.9 Å². The zero-order chi connectivity index (χ0) is 12.7. The van der Waals surface area contributed by atoms with Crippen molar-refractivity contribution in [3.8, 4) is 0 Å². The van der Waals surface area contributed by atoms with E-state index < -0.39 is 0 Å². The van der Waals surface area contributed by atoms with Gasteiger partial charge in [-0.25, -0.2) is 9.18 Å². The number of halogens is 1. The van der Waals surface area contributed by atoms with E-state index in [4.69, 9.17) is 0 Å². The third-order valence-corrected chi connectivity index (χ3v) is 3.67. The summed E-state index contributed by atoms with van der Waals surface area (Å²) in [5.41, 5.74) is 1.36. The quantitative estimate of drug-likeness (QED) is 0.815. The van der Waals surface area contributed by atoms with Crippen LogP contribution in [0.5, 0.6) is 0 Å². The molecule has 2 amide bonds. The van der Waals surface area contributed by atoms with Gasteiger partial charge in [0.15, 0.2) is 0 Å². The molecule has 2 aliphatic rings. The SMILES string of the molecule is Cc1cc(N2CC3CNCCN3C2=O)ccc1F. The Balaban J connectivity index is 1.88. The van der Waals surface area contributed by atoms with Crippen molar-refractivity contribution < 1.29 is 9.18 Å². The first kappa shape index (κ1) is 11.5. The molecule has 2 aliphatic heterocycles. The maximum Gasteiger partial charge on any atom is 0.324 e. The Morgan fingerprint density at radius 2 is 2.28 bits per heavy atom. The molecule has 4 nitrogen and oxygen atoms in total. The molecule has 0 saturated carbocycles. The minimum atomic E-state index is -0.232. The van der Waals surface area contributed by atoms with Crippen LogP contribution in [0, 0.1) is 12.7 Å². The second-order valence-electron chi connectivity index (χ2n) is 4.88. The van der Waals surface area contributed by atoms with Crippen molar-refractivity contribution in [1.29, 1.82) is 0 Å². The monoisotopic (exact) mass is 249 g/mol. The van der Waals surface area contributed by atoms with Crippen LogP contribution in [-0.4, -0.2) is 43.2 Å². The average Bonchev–Trinajstić information content (AvgIpc) is 2.71. The third-order valence-electron chi connectivity index (χ3n) is 3.67. The molecule has 0 aromatic heterocycles. The number of piperazine rings is 1. The van der Waals surface area contributed by atoms with Gasteiger partial charge in [-0.2, -0.15) is 0 Å². The molecule has 5 heteroatoms. The fourth-order valence-electron chi connectivity index (χ4n) is 2.63. The largest absolute Gasteiger partial charge is 0.324 e. The summed E-state index contributed by atoms with van der Waals surface area (Å²) in [6, 6.07) is 5.10. The maximum absolute atomic E-state index is 13.3. The van der Waals surface area contributed by atoms with Gasteiger partial charge in [0.1, 0.15) is 5.82 Å². The van der Waals surface area contributed by atoms with E-state index in [1.54, 1.807) is 24.0 Å². The number of nitrogens with zero attached hydrogens (tertiary/aromatic N) is 2. The minimum Gasteiger partial charge on any atom is -0.317 e. The third kappa shape index (κ3) is 1.75. The van der Waals surface area contributed by atoms with E-state index in [-0.39, 0.29) is 17.9 Å². The van der Waals surface area contributed by atoms with E-state index in [1.807, 2.05) is 4.90 Å². The Hall–Kier alpha value is -1.62. The first-order valence-corrected chi connectivity index (χ1v) is 6.22. The zero-order valence-corrected chi connectivity index (χ0v) is 10.3. The Bertz CT molecular complexity index is 491. The molecule has 0 bridgehead atoms. The van der Waals surface area contributed by atoms with E-state index in [0.717, 1.165) is 25.3 Å². The summed E-state index contributed by atoms with van der Waals surface area (Å²) in [4.78, 5) is 15.9. The highest BCUT2D eigenvalue weighted by atomic mass is 19.1. The number of carbonyl (C=O) groups excluding carboxylic acids is 1. The van der Waals surface area contributed by atoms with E-state index >= 15 is 0 Å². The zero-order valence-electron chi connectivity index (χ0n) is 10.3. The van der Waals surface area contributed by atoms with Crippen LogP contribution in [0.25, 0.3) is 0 Å². The summed E-state index contributed by atoms with van der Waals surface area (Å²) in [6.45, 7) is 4.83. The van der Waals surface area contributed by atoms with Gasteiger partial charge >= 0.3 is 6.03 Å². The predicted octanol–water partition coefficient (Wildman–Crippen LogP) is 1.35. The second kappa shape index (κ2) is 4.24. The first-order valence-electron chi connectivity index (χ1n) is 6.22. The lowest BCUT2D eigenvalue weighted by Crippen LogP contribution is -2.49. The molecule has 0 aliphatic carbocycles. The first-order chi connectivity index (χ1) is 8.66. The van der Waals surface area contributed by atoms with Crippen LogP contribution in [0.1, 0.15) is 5.56 Å². The molecule has 1 unspecified atom stereocenters. The van der Waals surface area contributed by atoms with Gasteiger partial charge in [-0.3, -0.25) is 4.90 Å². The van der Waals surface area contributed by atoms with E-state index in [1.165, 1.54) is 6.07 Å². The Kier molecular flexibility index (Phi) is 2.70. The van der Waals surface area contributed by atoms with Crippen LogP contribution < -0.4 is 10.2 Å². The van der Waals surface area contributed by atoms with Gasteiger partial charge in [0, 0.05) is 31.9 Å². The van der Waals surface area contributed by atoms with Gasteiger partial charge < -0.3 is 10.2 Å². The van der Waals surface area contributed by atoms with Crippen molar-refractivity contribution in [3.63, 3.8) is 0 Å². The number of benzene rings is 1. The number of rotatable bonds is 1. The number of hydrogen-bond donors (Lipinski definition) is 1. The Morgan fingerprint density at radius 1 is 1.44 bits per heavy atom. The molecule has 1 N–H and O–H groups in total. The number of nitrogens with one attached hydrogen (secondary N) is 1. The summed E-state index contributed by atoms with van der Waals surface area (Å²) in [6.07, 6.45) is 0. The maximum atomic E-state index is 13.3. The molecule has 2 heterocycles. The highest BCUT2D eigenvalue weighted by Crippen LogP contribution is 2.26. The molecule has 1 atom stereocenters. The number of urea groups is 1. The highest BCUT2D eigenvalue weighted by Gasteiger charge is 2.39. The van der Waals surface area contributed by atoms with Gasteiger partial charge in [0.2, 0.25) is 0 Å². The Labute approximate surface area is 105 Å². The topological polar surface area (TPSA) is 35.6 Å². The van der Waals surface area contributed by atoms with Crippen molar-refractivity contribution in [2.24, 2.45) is 0 Å². The van der Waals surface area contributed by atoms with Crippen molar-refractivity contribution in [2.45, 2.75) is 13.0 Å². The highest BCUT2D eigenvalue weighted by molar-refractivity contribution is 5.94. The molecule has 96 valence electrons. The normalized spacial score (nSPS) is 23.4. The van der Waals surface area contributed by atoms with E-state index in [0.29, 0.717) is 12.1 Å². The summed E-state index contributed by atoms with van der Waals surface area (Å²) in [5.74, 6) is -0.232. The molecular formula is C13H16FN3O. The lowest BCUT2D eigenvalue weighted by molar-refractivity contribution is 0.193. The van der Waals surface area contributed by atoms with Gasteiger partial charge in [0.05, 0.1) is 6.04 Å². The molecule has 2 fully saturated rings. The van der Waals surface area contributed by atoms with Crippen molar-refractivity contribution >= 4 is 11.7 Å². The fourth-order valence-corrected chi connectivity index (χ4v) is 2.63. The van der Waals surface area contributed by atoms with Gasteiger partial charge in [-0.1, -0.05) is 0 Å². The van der Waals surface area contributed by atoms with Crippen molar-refractivity contribution in [1.82, 2.24) is 10.2 Å². The molecule has 0 radical (unpaired) electrons. The minimum absolute atomic E-state index is 0.0347. The molecule has 1 aromatic rings. The van der Waals surface area contributed by atoms with E-state index in [2.05, 4.69) is 5.32 Å². The molecule has 3 rings (SSSR count). The summed E-state index contributed by atoms with van der Waals surface area (Å²) in [5, 5.41) is 3.29. The number of anilines is 1. The van der Waals surface area contributed by atoms with Crippen molar-refractivity contribution in [3.05, 3.63) is 29.6 Å². The Morgan fingerprint density at radius 3 is 3.00 bits per heavy atom. The van der Waals surface area contributed by atoms with Gasteiger partial charge in [-0.05, 0) is 30.7 Å². The molecule has 18 heavy (non-hydrogen) atoms. The van der Waals surface area contributed by atoms with Gasteiger partial charge in [0.25, 0.3) is 0 Å². The molecule has 2 saturated heterocycles.